The number of hydrogen-bond donors (Lipinski definition) is 1. The molecule has 1 aromatic heterocycles. The lowest BCUT2D eigenvalue weighted by molar-refractivity contribution is -0.0381. The second kappa shape index (κ2) is 4.62. The predicted molar refractivity (Wildman–Crippen MR) is 73.5 cm³/mol. The summed E-state index contributed by atoms with van der Waals surface area (Å²) in [6.45, 7) is 0.657. The topological polar surface area (TPSA) is 52.0 Å². The first kappa shape index (κ1) is 12.0. The molecule has 4 fully saturated rings. The summed E-state index contributed by atoms with van der Waals surface area (Å²) in [5.41, 5.74) is 6.60. The largest absolute Gasteiger partial charge is 0.449 e. The zero-order chi connectivity index (χ0) is 12.8. The van der Waals surface area contributed by atoms with Gasteiger partial charge in [0.15, 0.2) is 5.89 Å². The maximum Gasteiger partial charge on any atom is 0.194 e. The van der Waals surface area contributed by atoms with Gasteiger partial charge in [-0.3, -0.25) is 0 Å². The average molecular weight is 260 g/mol. The van der Waals surface area contributed by atoms with Gasteiger partial charge in [-0.2, -0.15) is 0 Å². The van der Waals surface area contributed by atoms with Crippen LogP contribution in [0.25, 0.3) is 0 Å². The van der Waals surface area contributed by atoms with Crippen LogP contribution in [0.1, 0.15) is 43.7 Å². The van der Waals surface area contributed by atoms with Crippen LogP contribution in [0.5, 0.6) is 0 Å². The third-order valence-electron chi connectivity index (χ3n) is 5.83. The van der Waals surface area contributed by atoms with Crippen molar-refractivity contribution in [2.24, 2.45) is 35.3 Å². The van der Waals surface area contributed by atoms with E-state index in [1.54, 1.807) is 6.26 Å². The first-order chi connectivity index (χ1) is 9.31. The Morgan fingerprint density at radius 2 is 1.79 bits per heavy atom. The van der Waals surface area contributed by atoms with Gasteiger partial charge in [-0.05, 0) is 68.2 Å². The van der Waals surface area contributed by atoms with Crippen LogP contribution < -0.4 is 5.73 Å². The molecule has 0 atom stereocenters. The van der Waals surface area contributed by atoms with Gasteiger partial charge < -0.3 is 10.2 Å². The summed E-state index contributed by atoms with van der Waals surface area (Å²) in [4.78, 5) is 4.60. The van der Waals surface area contributed by atoms with E-state index < -0.39 is 0 Å². The zero-order valence-electron chi connectivity index (χ0n) is 11.6. The summed E-state index contributed by atoms with van der Waals surface area (Å²) in [5.74, 6) is 5.83. The van der Waals surface area contributed by atoms with Crippen molar-refractivity contribution in [2.75, 3.05) is 6.54 Å². The lowest BCUT2D eigenvalue weighted by atomic mass is 9.51. The Balaban J connectivity index is 1.47. The normalized spacial score (nSPS) is 39.9. The molecule has 4 aliphatic rings. The fourth-order valence-electron chi connectivity index (χ4n) is 5.28. The Labute approximate surface area is 115 Å². The van der Waals surface area contributed by atoms with E-state index in [0.717, 1.165) is 54.0 Å². The van der Waals surface area contributed by atoms with E-state index in [1.165, 1.54) is 32.1 Å². The molecular formula is C16H24N2O. The molecule has 1 heterocycles. The third-order valence-corrected chi connectivity index (χ3v) is 5.83. The maximum atomic E-state index is 5.66. The van der Waals surface area contributed by atoms with Crippen molar-refractivity contribution in [3.05, 3.63) is 17.8 Å². The summed E-state index contributed by atoms with van der Waals surface area (Å²) >= 11 is 0. The van der Waals surface area contributed by atoms with Crippen LogP contribution in [0.4, 0.5) is 0 Å². The number of aromatic nitrogens is 1. The van der Waals surface area contributed by atoms with Crippen LogP contribution in [0.3, 0.4) is 0 Å². The van der Waals surface area contributed by atoms with E-state index in [4.69, 9.17) is 10.2 Å². The lowest BCUT2D eigenvalue weighted by Gasteiger charge is -2.54. The standard InChI is InChI=1S/C16H24N2O/c17-2-1-14-9-19-16(18-14)8-15-12-4-10-3-11(6-12)7-13(15)5-10/h9-13,15H,1-8,17H2. The molecule has 4 saturated carbocycles. The van der Waals surface area contributed by atoms with Crippen molar-refractivity contribution >= 4 is 0 Å². The van der Waals surface area contributed by atoms with Gasteiger partial charge in [0.05, 0.1) is 5.69 Å². The van der Waals surface area contributed by atoms with Crippen LogP contribution in [-0.4, -0.2) is 11.5 Å². The van der Waals surface area contributed by atoms with Gasteiger partial charge in [0.1, 0.15) is 6.26 Å². The van der Waals surface area contributed by atoms with E-state index >= 15 is 0 Å². The molecule has 1 aromatic rings. The van der Waals surface area contributed by atoms with E-state index in [1.807, 2.05) is 0 Å². The molecule has 2 N–H and O–H groups in total. The molecule has 4 aliphatic carbocycles. The SMILES string of the molecule is NCCc1coc(CC2C3CC4CC(C3)CC2C4)n1. The summed E-state index contributed by atoms with van der Waals surface area (Å²) in [7, 11) is 0. The molecule has 104 valence electrons. The van der Waals surface area contributed by atoms with Crippen LogP contribution in [0.15, 0.2) is 10.7 Å². The number of hydrogen-bond acceptors (Lipinski definition) is 3. The molecule has 3 nitrogen and oxygen atoms in total. The summed E-state index contributed by atoms with van der Waals surface area (Å²) < 4.78 is 5.66. The smallest absolute Gasteiger partial charge is 0.194 e. The Morgan fingerprint density at radius 3 is 2.42 bits per heavy atom. The molecule has 19 heavy (non-hydrogen) atoms. The van der Waals surface area contributed by atoms with Gasteiger partial charge in [-0.1, -0.05) is 0 Å². The van der Waals surface area contributed by atoms with Gasteiger partial charge >= 0.3 is 0 Å². The molecule has 0 aliphatic heterocycles. The second-order valence-corrected chi connectivity index (χ2v) is 7.07. The number of oxazole rings is 1. The number of nitrogens with two attached hydrogens (primary N) is 1. The van der Waals surface area contributed by atoms with Crippen molar-refractivity contribution in [1.82, 2.24) is 4.98 Å². The van der Waals surface area contributed by atoms with E-state index in [-0.39, 0.29) is 0 Å². The van der Waals surface area contributed by atoms with E-state index in [2.05, 4.69) is 4.98 Å². The van der Waals surface area contributed by atoms with Crippen LogP contribution >= 0.6 is 0 Å². The highest BCUT2D eigenvalue weighted by Crippen LogP contribution is 2.57. The summed E-state index contributed by atoms with van der Waals surface area (Å²) in [5, 5.41) is 0. The highest BCUT2D eigenvalue weighted by molar-refractivity contribution is 5.03. The molecule has 0 aromatic carbocycles. The quantitative estimate of drug-likeness (QED) is 0.905. The molecular weight excluding hydrogens is 236 g/mol. The van der Waals surface area contributed by atoms with Gasteiger partial charge in [0.2, 0.25) is 0 Å². The summed E-state index contributed by atoms with van der Waals surface area (Å²) in [6, 6.07) is 0. The first-order valence-electron chi connectivity index (χ1n) is 7.95. The van der Waals surface area contributed by atoms with Crippen molar-refractivity contribution in [1.29, 1.82) is 0 Å². The highest BCUT2D eigenvalue weighted by Gasteiger charge is 2.48. The Morgan fingerprint density at radius 1 is 1.11 bits per heavy atom. The highest BCUT2D eigenvalue weighted by atomic mass is 16.3. The Hall–Kier alpha value is -0.830. The predicted octanol–water partition coefficient (Wildman–Crippen LogP) is 2.79. The first-order valence-corrected chi connectivity index (χ1v) is 7.95. The van der Waals surface area contributed by atoms with Crippen molar-refractivity contribution < 1.29 is 4.42 Å². The van der Waals surface area contributed by atoms with Gasteiger partial charge in [0.25, 0.3) is 0 Å². The molecule has 0 spiro atoms. The molecule has 0 unspecified atom stereocenters. The summed E-state index contributed by atoms with van der Waals surface area (Å²) in [6.07, 6.45) is 11.2. The average Bonchev–Trinajstić information content (AvgIpc) is 2.81. The maximum absolute atomic E-state index is 5.66. The van der Waals surface area contributed by atoms with Crippen LogP contribution in [0, 0.1) is 29.6 Å². The van der Waals surface area contributed by atoms with E-state index in [0.29, 0.717) is 6.54 Å². The molecule has 4 bridgehead atoms. The Kier molecular flexibility index (Phi) is 2.91. The fourth-order valence-corrected chi connectivity index (χ4v) is 5.28. The second-order valence-electron chi connectivity index (χ2n) is 7.07. The zero-order valence-corrected chi connectivity index (χ0v) is 11.6. The van der Waals surface area contributed by atoms with Crippen LogP contribution in [0.2, 0.25) is 0 Å². The molecule has 3 heteroatoms. The van der Waals surface area contributed by atoms with Crippen molar-refractivity contribution in [2.45, 2.75) is 44.9 Å². The van der Waals surface area contributed by atoms with Crippen molar-refractivity contribution in [3.8, 4) is 0 Å². The minimum atomic E-state index is 0.657. The van der Waals surface area contributed by atoms with E-state index in [9.17, 15) is 0 Å². The molecule has 0 saturated heterocycles. The monoisotopic (exact) mass is 260 g/mol. The third kappa shape index (κ3) is 2.12. The number of nitrogens with zero attached hydrogens (tertiary/aromatic N) is 1. The minimum Gasteiger partial charge on any atom is -0.449 e. The lowest BCUT2D eigenvalue weighted by Crippen LogP contribution is -2.45. The van der Waals surface area contributed by atoms with Gasteiger partial charge in [-0.15, -0.1) is 0 Å². The Bertz CT molecular complexity index is 425. The van der Waals surface area contributed by atoms with Gasteiger partial charge in [0, 0.05) is 12.8 Å². The van der Waals surface area contributed by atoms with Crippen LogP contribution in [-0.2, 0) is 12.8 Å². The fraction of sp³-hybridized carbons (Fsp3) is 0.812. The molecule has 0 amide bonds. The van der Waals surface area contributed by atoms with Crippen molar-refractivity contribution in [3.63, 3.8) is 0 Å². The molecule has 0 radical (unpaired) electrons. The molecule has 5 rings (SSSR count). The minimum absolute atomic E-state index is 0.657. The number of rotatable bonds is 4. The van der Waals surface area contributed by atoms with Gasteiger partial charge in [-0.25, -0.2) is 4.98 Å².